The molecule has 3 aliphatic rings. The minimum Gasteiger partial charge on any atom is -0.492 e. The van der Waals surface area contributed by atoms with Crippen molar-refractivity contribution in [3.8, 4) is 5.75 Å². The van der Waals surface area contributed by atoms with Crippen molar-refractivity contribution in [3.63, 3.8) is 0 Å². The average Bonchev–Trinajstić information content (AvgIpc) is 3.64. The number of hydrogen-bond donors (Lipinski definition) is 3. The second-order valence-electron chi connectivity index (χ2n) is 10.7. The number of halogens is 4. The third-order valence-corrected chi connectivity index (χ3v) is 8.15. The van der Waals surface area contributed by atoms with Gasteiger partial charge in [0.25, 0.3) is 5.91 Å². The Balaban J connectivity index is 1.25. The van der Waals surface area contributed by atoms with Crippen molar-refractivity contribution < 1.29 is 27.1 Å². The first-order valence-electron chi connectivity index (χ1n) is 14.0. The van der Waals surface area contributed by atoms with Crippen LogP contribution < -0.4 is 25.6 Å². The molecule has 0 saturated carbocycles. The van der Waals surface area contributed by atoms with E-state index < -0.39 is 29.3 Å². The van der Waals surface area contributed by atoms with E-state index in [-0.39, 0.29) is 35.2 Å². The number of nitrogens with zero attached hydrogens (tertiary/aromatic N) is 4. The van der Waals surface area contributed by atoms with Gasteiger partial charge in [-0.1, -0.05) is 12.1 Å². The lowest BCUT2D eigenvalue weighted by atomic mass is 10.0. The van der Waals surface area contributed by atoms with E-state index in [0.717, 1.165) is 25.9 Å². The number of amides is 1. The number of carbonyl (C=O) groups excluding carboxylic acids is 1. The lowest BCUT2D eigenvalue weighted by Gasteiger charge is -2.38. The Morgan fingerprint density at radius 1 is 1.02 bits per heavy atom. The van der Waals surface area contributed by atoms with Gasteiger partial charge in [0.05, 0.1) is 29.7 Å². The second kappa shape index (κ2) is 11.3. The highest BCUT2D eigenvalue weighted by Gasteiger charge is 2.36. The second-order valence-corrected chi connectivity index (χ2v) is 10.7. The number of rotatable bonds is 7. The lowest BCUT2D eigenvalue weighted by molar-refractivity contribution is -0.137. The largest absolute Gasteiger partial charge is 0.492 e. The Morgan fingerprint density at radius 3 is 2.50 bits per heavy atom. The minimum atomic E-state index is -4.77. The Labute approximate surface area is 240 Å². The van der Waals surface area contributed by atoms with E-state index in [0.29, 0.717) is 36.6 Å². The fourth-order valence-electron chi connectivity index (χ4n) is 6.04. The number of fused-ring (bicyclic) bond motifs is 1. The predicted molar refractivity (Wildman–Crippen MR) is 150 cm³/mol. The zero-order valence-corrected chi connectivity index (χ0v) is 23.0. The van der Waals surface area contributed by atoms with Crippen LogP contribution in [0.5, 0.6) is 5.75 Å². The van der Waals surface area contributed by atoms with E-state index in [1.807, 2.05) is 4.90 Å². The maximum absolute atomic E-state index is 15.7. The fraction of sp³-hybridized carbons (Fsp3) is 0.414. The van der Waals surface area contributed by atoms with Gasteiger partial charge in [-0.15, -0.1) is 0 Å². The molecule has 3 aliphatic heterocycles. The monoisotopic (exact) mass is 585 g/mol. The molecule has 3 N–H and O–H groups in total. The number of hydrogen-bond acceptors (Lipinski definition) is 8. The van der Waals surface area contributed by atoms with Gasteiger partial charge in [0.15, 0.2) is 11.6 Å². The van der Waals surface area contributed by atoms with Crippen LogP contribution in [0.15, 0.2) is 36.5 Å². The van der Waals surface area contributed by atoms with Crippen LogP contribution in [-0.2, 0) is 12.7 Å². The van der Waals surface area contributed by atoms with Gasteiger partial charge < -0.3 is 30.5 Å². The zero-order valence-electron chi connectivity index (χ0n) is 23.0. The summed E-state index contributed by atoms with van der Waals surface area (Å²) >= 11 is 0. The molecule has 2 aromatic carbocycles. The van der Waals surface area contributed by atoms with Gasteiger partial charge in [-0.25, -0.2) is 9.37 Å². The highest BCUT2D eigenvalue weighted by Crippen LogP contribution is 2.39. The van der Waals surface area contributed by atoms with Crippen molar-refractivity contribution in [2.24, 2.45) is 0 Å². The summed E-state index contributed by atoms with van der Waals surface area (Å²) in [5.74, 6) is -1.82. The molecule has 0 unspecified atom stereocenters. The van der Waals surface area contributed by atoms with Gasteiger partial charge in [-0.3, -0.25) is 4.79 Å². The molecule has 42 heavy (non-hydrogen) atoms. The number of piperidine rings is 1. The Morgan fingerprint density at radius 2 is 1.79 bits per heavy atom. The van der Waals surface area contributed by atoms with Gasteiger partial charge in [0.2, 0.25) is 5.95 Å². The van der Waals surface area contributed by atoms with E-state index in [1.165, 1.54) is 26.0 Å². The molecule has 0 bridgehead atoms. The van der Waals surface area contributed by atoms with Crippen LogP contribution in [0.4, 0.5) is 46.4 Å². The number of nitrogens with one attached hydrogen (secondary N) is 3. The number of ether oxygens (including phenoxy) is 1. The SMILES string of the molecule is COc1c(Nc2ncc(C(F)(F)F)c(Nc3cccc4c3C(=O)NC4)n2)ccc(N2CCC(N3CCCC3)CC2)c1F. The minimum absolute atomic E-state index is 0.0928. The lowest BCUT2D eigenvalue weighted by Crippen LogP contribution is -2.44. The molecule has 1 aromatic heterocycles. The standard InChI is InChI=1S/C29H31F4N7O2/c1-42-25-21(7-8-22(24(25)30)40-13-9-18(10-14-40)39-11-2-3-12-39)37-28-35-16-19(29(31,32)33)26(38-28)36-20-6-4-5-17-15-34-27(41)23(17)20/h4-8,16,18H,2-3,9-15H2,1H3,(H,34,41)(H2,35,36,37,38). The van der Waals surface area contributed by atoms with E-state index in [1.54, 1.807) is 24.3 Å². The number of carbonyl (C=O) groups is 1. The van der Waals surface area contributed by atoms with E-state index in [4.69, 9.17) is 4.74 Å². The van der Waals surface area contributed by atoms with Gasteiger partial charge in [-0.2, -0.15) is 18.2 Å². The molecule has 2 fully saturated rings. The first-order chi connectivity index (χ1) is 20.2. The quantitative estimate of drug-likeness (QED) is 0.316. The summed E-state index contributed by atoms with van der Waals surface area (Å²) in [4.78, 5) is 24.7. The number of alkyl halides is 3. The average molecular weight is 586 g/mol. The van der Waals surface area contributed by atoms with Crippen LogP contribution in [0.25, 0.3) is 0 Å². The van der Waals surface area contributed by atoms with E-state index in [9.17, 15) is 18.0 Å². The first kappa shape index (κ1) is 28.0. The van der Waals surface area contributed by atoms with Crippen molar-refractivity contribution in [1.29, 1.82) is 0 Å². The van der Waals surface area contributed by atoms with Crippen molar-refractivity contribution in [2.45, 2.75) is 44.4 Å². The van der Waals surface area contributed by atoms with Crippen molar-refractivity contribution in [1.82, 2.24) is 20.2 Å². The summed E-state index contributed by atoms with van der Waals surface area (Å²) in [7, 11) is 1.33. The molecule has 0 aliphatic carbocycles. The fourth-order valence-corrected chi connectivity index (χ4v) is 6.04. The van der Waals surface area contributed by atoms with Crippen molar-refractivity contribution >= 4 is 34.7 Å². The molecule has 2 saturated heterocycles. The molecule has 3 aromatic rings. The molecule has 6 rings (SSSR count). The number of methoxy groups -OCH3 is 1. The summed E-state index contributed by atoms with van der Waals surface area (Å²) in [6.45, 7) is 3.96. The van der Waals surface area contributed by atoms with Crippen LogP contribution in [0.2, 0.25) is 0 Å². The van der Waals surface area contributed by atoms with Crippen LogP contribution >= 0.6 is 0 Å². The maximum atomic E-state index is 15.7. The Bertz CT molecular complexity index is 1490. The van der Waals surface area contributed by atoms with Gasteiger partial charge >= 0.3 is 6.18 Å². The van der Waals surface area contributed by atoms with Gasteiger partial charge in [0.1, 0.15) is 11.4 Å². The molecule has 4 heterocycles. The van der Waals surface area contributed by atoms with Crippen molar-refractivity contribution in [3.05, 3.63) is 59.0 Å². The highest BCUT2D eigenvalue weighted by molar-refractivity contribution is 6.04. The summed E-state index contributed by atoms with van der Waals surface area (Å²) < 4.78 is 62.7. The first-order valence-corrected chi connectivity index (χ1v) is 14.0. The molecule has 0 spiro atoms. The molecular weight excluding hydrogens is 554 g/mol. The zero-order chi connectivity index (χ0) is 29.4. The predicted octanol–water partition coefficient (Wildman–Crippen LogP) is 5.44. The van der Waals surface area contributed by atoms with Gasteiger partial charge in [-0.05, 0) is 62.5 Å². The smallest absolute Gasteiger partial charge is 0.421 e. The van der Waals surface area contributed by atoms with Crippen LogP contribution in [0.3, 0.4) is 0 Å². The Kier molecular flexibility index (Phi) is 7.52. The summed E-state index contributed by atoms with van der Waals surface area (Å²) in [6.07, 6.45) is 0.224. The number of benzene rings is 2. The number of likely N-dealkylation sites (tertiary alicyclic amines) is 1. The molecule has 0 radical (unpaired) electrons. The van der Waals surface area contributed by atoms with Crippen molar-refractivity contribution in [2.75, 3.05) is 48.8 Å². The summed E-state index contributed by atoms with van der Waals surface area (Å²) in [5.41, 5.74) is 0.545. The molecule has 13 heteroatoms. The third kappa shape index (κ3) is 5.40. The Hall–Kier alpha value is -4.13. The van der Waals surface area contributed by atoms with Crippen LogP contribution in [0, 0.1) is 5.82 Å². The van der Waals surface area contributed by atoms with Gasteiger partial charge in [0, 0.05) is 31.9 Å². The topological polar surface area (TPSA) is 94.6 Å². The molecule has 0 atom stereocenters. The normalized spacial score (nSPS) is 17.7. The molecule has 1 amide bonds. The molecular formula is C29H31F4N7O2. The molecule has 222 valence electrons. The maximum Gasteiger partial charge on any atom is 0.421 e. The van der Waals surface area contributed by atoms with Crippen LogP contribution in [-0.4, -0.2) is 60.1 Å². The number of anilines is 5. The molecule has 9 nitrogen and oxygen atoms in total. The third-order valence-electron chi connectivity index (χ3n) is 8.15. The van der Waals surface area contributed by atoms with E-state index in [2.05, 4.69) is 30.8 Å². The highest BCUT2D eigenvalue weighted by atomic mass is 19.4. The van der Waals surface area contributed by atoms with Crippen LogP contribution in [0.1, 0.15) is 47.2 Å². The number of aromatic nitrogens is 2. The summed E-state index contributed by atoms with van der Waals surface area (Å²) in [5, 5.41) is 8.13. The summed E-state index contributed by atoms with van der Waals surface area (Å²) in [6, 6.07) is 8.61. The van der Waals surface area contributed by atoms with E-state index >= 15 is 4.39 Å².